The number of hydrogen-bond donors (Lipinski definition) is 0. The van der Waals surface area contributed by atoms with Gasteiger partial charge in [-0.15, -0.1) is 0 Å². The van der Waals surface area contributed by atoms with Crippen molar-refractivity contribution in [2.45, 2.75) is 39.7 Å². The first-order valence-electron chi connectivity index (χ1n) is 5.78. The zero-order valence-corrected chi connectivity index (χ0v) is 12.0. The van der Waals surface area contributed by atoms with Crippen LogP contribution in [0, 0.1) is 30.6 Å². The number of rotatable bonds is 2. The molecule has 0 unspecified atom stereocenters. The second-order valence-corrected chi connectivity index (χ2v) is 5.98. The first-order chi connectivity index (χ1) is 7.93. The van der Waals surface area contributed by atoms with Crippen LogP contribution in [0.4, 0.5) is 0 Å². The summed E-state index contributed by atoms with van der Waals surface area (Å²) in [6, 6.07) is 6.42. The lowest BCUT2D eigenvalue weighted by atomic mass is 9.69. The van der Waals surface area contributed by atoms with E-state index in [1.54, 1.807) is 0 Å². The van der Waals surface area contributed by atoms with Crippen molar-refractivity contribution in [3.8, 4) is 11.8 Å². The molecule has 0 N–H and O–H groups in total. The maximum atomic E-state index is 8.94. The Hall–Kier alpha value is -1.01. The van der Waals surface area contributed by atoms with E-state index < -0.39 is 0 Å². The fourth-order valence-corrected chi connectivity index (χ4v) is 2.52. The minimum absolute atomic E-state index is 0.176. The van der Waals surface area contributed by atoms with Gasteiger partial charge < -0.3 is 4.74 Å². The van der Waals surface area contributed by atoms with E-state index >= 15 is 0 Å². The fraction of sp³-hybridized carbons (Fsp3) is 0.500. The van der Waals surface area contributed by atoms with Gasteiger partial charge in [-0.05, 0) is 44.0 Å². The molecule has 0 saturated heterocycles. The second-order valence-electron chi connectivity index (χ2n) is 5.19. The monoisotopic (exact) mass is 293 g/mol. The third-order valence-electron chi connectivity index (χ3n) is 3.34. The van der Waals surface area contributed by atoms with Crippen LogP contribution < -0.4 is 4.74 Å². The maximum Gasteiger partial charge on any atom is 0.120 e. The largest absolute Gasteiger partial charge is 0.490 e. The molecule has 1 aromatic carbocycles. The summed E-state index contributed by atoms with van der Waals surface area (Å²) in [6.45, 7) is 6.11. The van der Waals surface area contributed by atoms with Crippen molar-refractivity contribution in [3.63, 3.8) is 0 Å². The van der Waals surface area contributed by atoms with Crippen molar-refractivity contribution in [1.82, 2.24) is 0 Å². The van der Waals surface area contributed by atoms with Gasteiger partial charge in [-0.2, -0.15) is 5.26 Å². The fourth-order valence-electron chi connectivity index (χ4n) is 2.29. The summed E-state index contributed by atoms with van der Waals surface area (Å²) in [7, 11) is 0. The quantitative estimate of drug-likeness (QED) is 0.821. The Balaban J connectivity index is 2.05. The predicted octanol–water partition coefficient (Wildman–Crippen LogP) is 4.14. The Labute approximate surface area is 111 Å². The molecule has 1 fully saturated rings. The highest BCUT2D eigenvalue weighted by Crippen LogP contribution is 2.42. The van der Waals surface area contributed by atoms with E-state index in [4.69, 9.17) is 10.00 Å². The van der Waals surface area contributed by atoms with Crippen LogP contribution in [-0.2, 0) is 0 Å². The van der Waals surface area contributed by atoms with Crippen LogP contribution in [0.1, 0.15) is 30.9 Å². The molecule has 1 saturated carbocycles. The van der Waals surface area contributed by atoms with Crippen LogP contribution in [0.5, 0.6) is 5.75 Å². The average molecular weight is 294 g/mol. The molecule has 1 aliphatic rings. The number of nitrogens with zero attached hydrogens (tertiary/aromatic N) is 1. The molecule has 90 valence electrons. The van der Waals surface area contributed by atoms with Gasteiger partial charge in [0, 0.05) is 17.3 Å². The first kappa shape index (κ1) is 12.4. The number of halogens is 1. The number of ether oxygens (including phenoxy) is 1. The van der Waals surface area contributed by atoms with Gasteiger partial charge in [0.05, 0.1) is 11.5 Å². The van der Waals surface area contributed by atoms with Crippen molar-refractivity contribution < 1.29 is 4.74 Å². The summed E-state index contributed by atoms with van der Waals surface area (Å²) in [5, 5.41) is 8.94. The summed E-state index contributed by atoms with van der Waals surface area (Å²) in [6.07, 6.45) is 1.86. The lowest BCUT2D eigenvalue weighted by molar-refractivity contribution is 0.0340. The van der Waals surface area contributed by atoms with Crippen LogP contribution in [0.15, 0.2) is 16.6 Å². The average Bonchev–Trinajstić information content (AvgIpc) is 2.23. The van der Waals surface area contributed by atoms with Gasteiger partial charge in [0.1, 0.15) is 11.9 Å². The van der Waals surface area contributed by atoms with E-state index in [1.165, 1.54) is 11.1 Å². The third-order valence-corrected chi connectivity index (χ3v) is 4.59. The standard InChI is InChI=1S/C14H16BrNO/c1-9-4-11(5-10(2)13(9)15)17-12-6-14(3,7-12)8-16/h4-5,12H,6-7H2,1-3H3/t12-,14+. The zero-order valence-electron chi connectivity index (χ0n) is 10.4. The van der Waals surface area contributed by atoms with Gasteiger partial charge in [-0.1, -0.05) is 15.9 Å². The highest BCUT2D eigenvalue weighted by atomic mass is 79.9. The van der Waals surface area contributed by atoms with Gasteiger partial charge in [-0.25, -0.2) is 0 Å². The normalized spacial score (nSPS) is 27.1. The number of hydrogen-bond acceptors (Lipinski definition) is 2. The molecule has 1 aromatic rings. The third kappa shape index (κ3) is 2.47. The lowest BCUT2D eigenvalue weighted by Crippen LogP contribution is -2.41. The summed E-state index contributed by atoms with van der Waals surface area (Å²) >= 11 is 3.54. The second kappa shape index (κ2) is 4.34. The molecule has 17 heavy (non-hydrogen) atoms. The first-order valence-corrected chi connectivity index (χ1v) is 6.57. The van der Waals surface area contributed by atoms with Gasteiger partial charge in [0.2, 0.25) is 0 Å². The molecular formula is C14H16BrNO. The van der Waals surface area contributed by atoms with E-state index in [-0.39, 0.29) is 11.5 Å². The SMILES string of the molecule is Cc1cc(O[C@H]2C[C@@](C)(C#N)C2)cc(C)c1Br. The van der Waals surface area contributed by atoms with E-state index in [2.05, 4.69) is 35.8 Å². The minimum atomic E-state index is -0.176. The van der Waals surface area contributed by atoms with Crippen molar-refractivity contribution >= 4 is 15.9 Å². The van der Waals surface area contributed by atoms with Gasteiger partial charge in [-0.3, -0.25) is 0 Å². The molecule has 0 heterocycles. The van der Waals surface area contributed by atoms with Crippen LogP contribution in [-0.4, -0.2) is 6.10 Å². The Morgan fingerprint density at radius 2 is 1.88 bits per heavy atom. The number of aryl methyl sites for hydroxylation is 2. The van der Waals surface area contributed by atoms with Gasteiger partial charge >= 0.3 is 0 Å². The Morgan fingerprint density at radius 1 is 1.35 bits per heavy atom. The molecule has 0 aliphatic heterocycles. The maximum absolute atomic E-state index is 8.94. The van der Waals surface area contributed by atoms with Crippen LogP contribution in [0.3, 0.4) is 0 Å². The summed E-state index contributed by atoms with van der Waals surface area (Å²) in [4.78, 5) is 0. The Bertz CT molecular complexity index is 460. The van der Waals surface area contributed by atoms with E-state index in [0.29, 0.717) is 0 Å². The van der Waals surface area contributed by atoms with Crippen LogP contribution in [0.25, 0.3) is 0 Å². The molecule has 0 radical (unpaired) electrons. The molecule has 0 spiro atoms. The summed E-state index contributed by atoms with van der Waals surface area (Å²) in [5.41, 5.74) is 2.19. The molecule has 0 aromatic heterocycles. The Morgan fingerprint density at radius 3 is 2.35 bits per heavy atom. The van der Waals surface area contributed by atoms with Crippen molar-refractivity contribution in [3.05, 3.63) is 27.7 Å². The topological polar surface area (TPSA) is 33.0 Å². The molecule has 0 amide bonds. The zero-order chi connectivity index (χ0) is 12.6. The summed E-state index contributed by atoms with van der Waals surface area (Å²) in [5.74, 6) is 0.910. The molecule has 2 rings (SSSR count). The van der Waals surface area contributed by atoms with Crippen LogP contribution in [0.2, 0.25) is 0 Å². The van der Waals surface area contributed by atoms with Gasteiger partial charge in [0.15, 0.2) is 0 Å². The molecular weight excluding hydrogens is 278 g/mol. The lowest BCUT2D eigenvalue weighted by Gasteiger charge is -2.39. The van der Waals surface area contributed by atoms with Crippen molar-refractivity contribution in [2.24, 2.45) is 5.41 Å². The molecule has 0 bridgehead atoms. The van der Waals surface area contributed by atoms with Gasteiger partial charge in [0.25, 0.3) is 0 Å². The number of benzene rings is 1. The van der Waals surface area contributed by atoms with Crippen molar-refractivity contribution in [2.75, 3.05) is 0 Å². The molecule has 2 nitrogen and oxygen atoms in total. The van der Waals surface area contributed by atoms with E-state index in [0.717, 1.165) is 23.1 Å². The minimum Gasteiger partial charge on any atom is -0.490 e. The molecule has 0 atom stereocenters. The predicted molar refractivity (Wildman–Crippen MR) is 71.0 cm³/mol. The molecule has 3 heteroatoms. The highest BCUT2D eigenvalue weighted by Gasteiger charge is 2.42. The number of nitriles is 1. The van der Waals surface area contributed by atoms with E-state index in [9.17, 15) is 0 Å². The van der Waals surface area contributed by atoms with Crippen LogP contribution >= 0.6 is 15.9 Å². The molecule has 1 aliphatic carbocycles. The summed E-state index contributed by atoms with van der Waals surface area (Å²) < 4.78 is 7.03. The Kier molecular flexibility index (Phi) is 3.18. The highest BCUT2D eigenvalue weighted by molar-refractivity contribution is 9.10. The van der Waals surface area contributed by atoms with E-state index in [1.807, 2.05) is 19.1 Å². The van der Waals surface area contributed by atoms with Crippen molar-refractivity contribution in [1.29, 1.82) is 5.26 Å². The smallest absolute Gasteiger partial charge is 0.120 e.